The van der Waals surface area contributed by atoms with Gasteiger partial charge in [-0.05, 0) is 30.5 Å². The second kappa shape index (κ2) is 9.55. The van der Waals surface area contributed by atoms with Crippen LogP contribution in [0.2, 0.25) is 0 Å². The Balaban J connectivity index is 1.83. The standard InChI is InChI=1S/C22H26N4OS/c1-16(2)14-23-21(27)15-28-22-25-24-20(13-18-7-5-4-6-8-18)26(22)19-11-9-17(3)10-12-19/h4-12,16H,13-15H2,1-3H3,(H,23,27). The maximum atomic E-state index is 12.1. The number of carbonyl (C=O) groups excluding carboxylic acids is 1. The molecule has 0 aliphatic heterocycles. The largest absolute Gasteiger partial charge is 0.355 e. The van der Waals surface area contributed by atoms with Crippen LogP contribution in [0.5, 0.6) is 0 Å². The molecule has 0 unspecified atom stereocenters. The summed E-state index contributed by atoms with van der Waals surface area (Å²) in [6.45, 7) is 6.91. The number of carbonyl (C=O) groups is 1. The van der Waals surface area contributed by atoms with Crippen molar-refractivity contribution in [3.05, 3.63) is 71.5 Å². The van der Waals surface area contributed by atoms with E-state index in [0.717, 1.165) is 16.7 Å². The van der Waals surface area contributed by atoms with Crippen LogP contribution in [0, 0.1) is 12.8 Å². The lowest BCUT2D eigenvalue weighted by Gasteiger charge is -2.11. The topological polar surface area (TPSA) is 59.8 Å². The van der Waals surface area contributed by atoms with Gasteiger partial charge in [-0.25, -0.2) is 0 Å². The fraction of sp³-hybridized carbons (Fsp3) is 0.318. The zero-order chi connectivity index (χ0) is 19.9. The summed E-state index contributed by atoms with van der Waals surface area (Å²) in [6, 6.07) is 18.5. The molecule has 0 atom stereocenters. The molecule has 3 aromatic rings. The minimum atomic E-state index is 0.0155. The Hall–Kier alpha value is -2.60. The number of hydrogen-bond donors (Lipinski definition) is 1. The van der Waals surface area contributed by atoms with E-state index < -0.39 is 0 Å². The Morgan fingerprint density at radius 2 is 1.79 bits per heavy atom. The van der Waals surface area contributed by atoms with Gasteiger partial charge < -0.3 is 5.32 Å². The van der Waals surface area contributed by atoms with Crippen LogP contribution < -0.4 is 5.32 Å². The van der Waals surface area contributed by atoms with Crippen LogP contribution in [0.25, 0.3) is 5.69 Å². The summed E-state index contributed by atoms with van der Waals surface area (Å²) >= 11 is 1.41. The van der Waals surface area contributed by atoms with E-state index in [1.54, 1.807) is 0 Å². The van der Waals surface area contributed by atoms with E-state index in [2.05, 4.69) is 72.7 Å². The van der Waals surface area contributed by atoms with Crippen molar-refractivity contribution >= 4 is 17.7 Å². The number of amides is 1. The van der Waals surface area contributed by atoms with E-state index >= 15 is 0 Å². The fourth-order valence-electron chi connectivity index (χ4n) is 2.74. The summed E-state index contributed by atoms with van der Waals surface area (Å²) in [5.74, 6) is 1.63. The first-order valence-electron chi connectivity index (χ1n) is 9.47. The number of thioether (sulfide) groups is 1. The molecule has 0 radical (unpaired) electrons. The number of nitrogens with one attached hydrogen (secondary N) is 1. The van der Waals surface area contributed by atoms with E-state index in [-0.39, 0.29) is 5.91 Å². The van der Waals surface area contributed by atoms with E-state index in [0.29, 0.717) is 24.6 Å². The van der Waals surface area contributed by atoms with E-state index in [1.165, 1.54) is 22.9 Å². The van der Waals surface area contributed by atoms with Gasteiger partial charge in [-0.15, -0.1) is 10.2 Å². The number of nitrogens with zero attached hydrogens (tertiary/aromatic N) is 3. The van der Waals surface area contributed by atoms with Gasteiger partial charge in [-0.3, -0.25) is 9.36 Å². The molecular weight excluding hydrogens is 368 g/mol. The predicted octanol–water partition coefficient (Wildman–Crippen LogP) is 4.03. The molecule has 2 aromatic carbocycles. The molecule has 0 saturated heterocycles. The van der Waals surface area contributed by atoms with Crippen LogP contribution in [0.1, 0.15) is 30.8 Å². The van der Waals surface area contributed by atoms with Crippen LogP contribution >= 0.6 is 11.8 Å². The van der Waals surface area contributed by atoms with Gasteiger partial charge in [0.15, 0.2) is 5.16 Å². The highest BCUT2D eigenvalue weighted by Crippen LogP contribution is 2.23. The predicted molar refractivity (Wildman–Crippen MR) is 114 cm³/mol. The second-order valence-corrected chi connectivity index (χ2v) is 8.16. The van der Waals surface area contributed by atoms with Gasteiger partial charge in [-0.1, -0.05) is 73.6 Å². The monoisotopic (exact) mass is 394 g/mol. The van der Waals surface area contributed by atoms with Crippen LogP contribution in [0.3, 0.4) is 0 Å². The fourth-order valence-corrected chi connectivity index (χ4v) is 3.54. The van der Waals surface area contributed by atoms with Crippen LogP contribution in [-0.4, -0.2) is 33.0 Å². The molecular formula is C22H26N4OS. The van der Waals surface area contributed by atoms with E-state index in [9.17, 15) is 4.79 Å². The molecule has 0 bridgehead atoms. The summed E-state index contributed by atoms with van der Waals surface area (Å²) in [6.07, 6.45) is 0.682. The Kier molecular flexibility index (Phi) is 6.87. The molecule has 6 heteroatoms. The highest BCUT2D eigenvalue weighted by Gasteiger charge is 2.16. The average Bonchev–Trinajstić information content (AvgIpc) is 3.08. The van der Waals surface area contributed by atoms with Gasteiger partial charge in [0, 0.05) is 18.7 Å². The molecule has 1 aromatic heterocycles. The molecule has 1 N–H and O–H groups in total. The minimum absolute atomic E-state index is 0.0155. The van der Waals surface area contributed by atoms with Gasteiger partial charge in [-0.2, -0.15) is 0 Å². The molecule has 3 rings (SSSR count). The minimum Gasteiger partial charge on any atom is -0.355 e. The summed E-state index contributed by atoms with van der Waals surface area (Å²) in [5, 5.41) is 12.5. The zero-order valence-corrected chi connectivity index (χ0v) is 17.4. The maximum absolute atomic E-state index is 12.1. The van der Waals surface area contributed by atoms with E-state index in [4.69, 9.17) is 0 Å². The van der Waals surface area contributed by atoms with Crippen LogP contribution in [-0.2, 0) is 11.2 Å². The zero-order valence-electron chi connectivity index (χ0n) is 16.6. The third-order valence-corrected chi connectivity index (χ3v) is 5.17. The molecule has 146 valence electrons. The van der Waals surface area contributed by atoms with Gasteiger partial charge in [0.05, 0.1) is 5.75 Å². The van der Waals surface area contributed by atoms with Crippen molar-refractivity contribution in [2.45, 2.75) is 32.3 Å². The van der Waals surface area contributed by atoms with Crippen molar-refractivity contribution < 1.29 is 4.79 Å². The highest BCUT2D eigenvalue weighted by molar-refractivity contribution is 7.99. The number of aryl methyl sites for hydroxylation is 1. The average molecular weight is 395 g/mol. The molecule has 0 saturated carbocycles. The molecule has 0 aliphatic rings. The van der Waals surface area contributed by atoms with Gasteiger partial charge in [0.25, 0.3) is 0 Å². The van der Waals surface area contributed by atoms with Gasteiger partial charge >= 0.3 is 0 Å². The maximum Gasteiger partial charge on any atom is 0.230 e. The Morgan fingerprint density at radius 3 is 2.46 bits per heavy atom. The molecule has 1 amide bonds. The molecule has 28 heavy (non-hydrogen) atoms. The third kappa shape index (κ3) is 5.45. The first-order chi connectivity index (χ1) is 13.5. The quantitative estimate of drug-likeness (QED) is 0.586. The van der Waals surface area contributed by atoms with Crippen molar-refractivity contribution in [1.29, 1.82) is 0 Å². The first kappa shape index (κ1) is 20.1. The number of rotatable bonds is 8. The molecule has 0 fully saturated rings. The summed E-state index contributed by atoms with van der Waals surface area (Å²) in [5.41, 5.74) is 3.38. The molecule has 5 nitrogen and oxygen atoms in total. The number of aromatic nitrogens is 3. The van der Waals surface area contributed by atoms with Crippen molar-refractivity contribution in [1.82, 2.24) is 20.1 Å². The SMILES string of the molecule is Cc1ccc(-n2c(Cc3ccccc3)nnc2SCC(=O)NCC(C)C)cc1. The summed E-state index contributed by atoms with van der Waals surface area (Å²) in [7, 11) is 0. The van der Waals surface area contributed by atoms with Crippen molar-refractivity contribution in [3.63, 3.8) is 0 Å². The molecule has 0 aliphatic carbocycles. The second-order valence-electron chi connectivity index (χ2n) is 7.22. The van der Waals surface area contributed by atoms with Gasteiger partial charge in [0.1, 0.15) is 5.82 Å². The summed E-state index contributed by atoms with van der Waals surface area (Å²) in [4.78, 5) is 12.1. The van der Waals surface area contributed by atoms with Crippen LogP contribution in [0.4, 0.5) is 0 Å². The number of benzene rings is 2. The highest BCUT2D eigenvalue weighted by atomic mass is 32.2. The lowest BCUT2D eigenvalue weighted by molar-refractivity contribution is -0.118. The Bertz CT molecular complexity index is 904. The number of hydrogen-bond acceptors (Lipinski definition) is 4. The van der Waals surface area contributed by atoms with Crippen molar-refractivity contribution in [2.75, 3.05) is 12.3 Å². The Morgan fingerprint density at radius 1 is 1.07 bits per heavy atom. The van der Waals surface area contributed by atoms with Crippen molar-refractivity contribution in [3.8, 4) is 5.69 Å². The lowest BCUT2D eigenvalue weighted by atomic mass is 10.1. The van der Waals surface area contributed by atoms with Gasteiger partial charge in [0.2, 0.25) is 5.91 Å². The Labute approximate surface area is 170 Å². The lowest BCUT2D eigenvalue weighted by Crippen LogP contribution is -2.28. The van der Waals surface area contributed by atoms with Crippen molar-refractivity contribution in [2.24, 2.45) is 5.92 Å². The molecule has 0 spiro atoms. The summed E-state index contributed by atoms with van der Waals surface area (Å²) < 4.78 is 2.05. The first-order valence-corrected chi connectivity index (χ1v) is 10.5. The normalized spacial score (nSPS) is 11.0. The van der Waals surface area contributed by atoms with Crippen LogP contribution in [0.15, 0.2) is 59.8 Å². The third-order valence-electron chi connectivity index (χ3n) is 4.24. The molecule has 1 heterocycles. The smallest absolute Gasteiger partial charge is 0.230 e. The van der Waals surface area contributed by atoms with E-state index in [1.807, 2.05) is 22.8 Å².